The summed E-state index contributed by atoms with van der Waals surface area (Å²) in [7, 11) is 0. The Hall–Kier alpha value is -1.99. The highest BCUT2D eigenvalue weighted by Crippen LogP contribution is 2.30. The van der Waals surface area contributed by atoms with E-state index in [-0.39, 0.29) is 11.7 Å². The molecule has 1 atom stereocenters. The Bertz CT molecular complexity index is 922. The summed E-state index contributed by atoms with van der Waals surface area (Å²) in [5.74, 6) is -0.730. The molecular formula is C17H10BrClF3NO2. The molecule has 0 saturated carbocycles. The predicted octanol–water partition coefficient (Wildman–Crippen LogP) is 5.97. The quantitative estimate of drug-likeness (QED) is 0.478. The molecule has 2 aromatic carbocycles. The van der Waals surface area contributed by atoms with Gasteiger partial charge in [-0.1, -0.05) is 39.7 Å². The van der Waals surface area contributed by atoms with Crippen molar-refractivity contribution in [3.8, 4) is 5.75 Å². The number of benzene rings is 2. The molecule has 3 nitrogen and oxygen atoms in total. The minimum atomic E-state index is -4.80. The zero-order chi connectivity index (χ0) is 18.2. The molecule has 0 aliphatic heterocycles. The molecule has 0 radical (unpaired) electrons. The molecule has 0 bridgehead atoms. The summed E-state index contributed by atoms with van der Waals surface area (Å²) in [6.45, 7) is 0. The smallest absolute Gasteiger partial charge is 0.406 e. The van der Waals surface area contributed by atoms with Crippen LogP contribution in [0.25, 0.3) is 10.9 Å². The molecule has 0 N–H and O–H groups in total. The van der Waals surface area contributed by atoms with Crippen LogP contribution in [0.1, 0.15) is 15.2 Å². The minimum absolute atomic E-state index is 0.324. The van der Waals surface area contributed by atoms with Gasteiger partial charge in [0.2, 0.25) is 5.91 Å². The average molecular weight is 433 g/mol. The zero-order valence-corrected chi connectivity index (χ0v) is 14.8. The third-order valence-electron chi connectivity index (χ3n) is 3.52. The van der Waals surface area contributed by atoms with Crippen molar-refractivity contribution in [1.82, 2.24) is 4.57 Å². The predicted molar refractivity (Wildman–Crippen MR) is 92.4 cm³/mol. The maximum Gasteiger partial charge on any atom is 0.573 e. The highest BCUT2D eigenvalue weighted by Gasteiger charge is 2.31. The van der Waals surface area contributed by atoms with E-state index in [1.54, 1.807) is 30.3 Å². The third kappa shape index (κ3) is 3.99. The molecule has 130 valence electrons. The number of alkyl halides is 4. The first-order chi connectivity index (χ1) is 11.7. The van der Waals surface area contributed by atoms with E-state index in [9.17, 15) is 18.0 Å². The number of rotatable bonds is 3. The first-order valence-electron chi connectivity index (χ1n) is 7.05. The number of hydrogen-bond donors (Lipinski definition) is 0. The fourth-order valence-electron chi connectivity index (χ4n) is 2.39. The van der Waals surface area contributed by atoms with Gasteiger partial charge in [-0.2, -0.15) is 0 Å². The number of aromatic nitrogens is 1. The summed E-state index contributed by atoms with van der Waals surface area (Å²) in [6, 6.07) is 12.2. The van der Waals surface area contributed by atoms with E-state index in [4.69, 9.17) is 11.6 Å². The first kappa shape index (κ1) is 17.8. The van der Waals surface area contributed by atoms with Crippen molar-refractivity contribution in [3.05, 3.63) is 65.3 Å². The lowest BCUT2D eigenvalue weighted by Crippen LogP contribution is -2.17. The lowest BCUT2D eigenvalue weighted by atomic mass is 10.1. The van der Waals surface area contributed by atoms with Gasteiger partial charge in [-0.25, -0.2) is 0 Å². The van der Waals surface area contributed by atoms with Crippen LogP contribution in [0.2, 0.25) is 5.02 Å². The number of nitrogens with zero attached hydrogens (tertiary/aromatic N) is 1. The maximum atomic E-state index is 12.7. The SMILES string of the molecule is O=C(C(Br)c1ccc(Cl)cc1)n1ccc2ccc(OC(F)(F)F)cc21. The van der Waals surface area contributed by atoms with Crippen LogP contribution in [0.5, 0.6) is 5.75 Å². The second-order valence-electron chi connectivity index (χ2n) is 5.21. The van der Waals surface area contributed by atoms with Crippen molar-refractivity contribution in [2.45, 2.75) is 11.2 Å². The van der Waals surface area contributed by atoms with Crippen molar-refractivity contribution in [2.75, 3.05) is 0 Å². The molecular weight excluding hydrogens is 423 g/mol. The van der Waals surface area contributed by atoms with Gasteiger partial charge in [-0.15, -0.1) is 13.2 Å². The van der Waals surface area contributed by atoms with E-state index in [0.717, 1.165) is 0 Å². The van der Waals surface area contributed by atoms with E-state index < -0.39 is 11.2 Å². The van der Waals surface area contributed by atoms with E-state index in [0.29, 0.717) is 21.5 Å². The number of fused-ring (bicyclic) bond motifs is 1. The largest absolute Gasteiger partial charge is 0.573 e. The van der Waals surface area contributed by atoms with E-state index >= 15 is 0 Å². The Balaban J connectivity index is 1.95. The Labute approximate surface area is 154 Å². The van der Waals surface area contributed by atoms with E-state index in [2.05, 4.69) is 20.7 Å². The van der Waals surface area contributed by atoms with Gasteiger partial charge in [-0.05, 0) is 35.9 Å². The van der Waals surface area contributed by atoms with E-state index in [1.807, 2.05) is 0 Å². The first-order valence-corrected chi connectivity index (χ1v) is 8.34. The van der Waals surface area contributed by atoms with Gasteiger partial charge >= 0.3 is 6.36 Å². The molecule has 25 heavy (non-hydrogen) atoms. The number of carbonyl (C=O) groups is 1. The lowest BCUT2D eigenvalue weighted by Gasteiger charge is -2.12. The monoisotopic (exact) mass is 431 g/mol. The van der Waals surface area contributed by atoms with Crippen LogP contribution in [0.15, 0.2) is 54.7 Å². The van der Waals surface area contributed by atoms with Crippen LogP contribution in [-0.2, 0) is 0 Å². The fourth-order valence-corrected chi connectivity index (χ4v) is 3.05. The number of ether oxygens (including phenoxy) is 1. The van der Waals surface area contributed by atoms with Crippen molar-refractivity contribution in [2.24, 2.45) is 0 Å². The highest BCUT2D eigenvalue weighted by molar-refractivity contribution is 9.09. The van der Waals surface area contributed by atoms with Gasteiger partial charge in [0.05, 0.1) is 5.52 Å². The van der Waals surface area contributed by atoms with Gasteiger partial charge < -0.3 is 4.74 Å². The number of halogens is 5. The highest BCUT2D eigenvalue weighted by atomic mass is 79.9. The van der Waals surface area contributed by atoms with Crippen molar-refractivity contribution in [3.63, 3.8) is 0 Å². The summed E-state index contributed by atoms with van der Waals surface area (Å²) in [4.78, 5) is 12.0. The Morgan fingerprint density at radius 1 is 1.12 bits per heavy atom. The minimum Gasteiger partial charge on any atom is -0.406 e. The summed E-state index contributed by atoms with van der Waals surface area (Å²) in [5.41, 5.74) is 1.00. The summed E-state index contributed by atoms with van der Waals surface area (Å²) in [5, 5.41) is 1.16. The average Bonchev–Trinajstić information content (AvgIpc) is 2.96. The topological polar surface area (TPSA) is 31.2 Å². The van der Waals surface area contributed by atoms with Crippen LogP contribution in [-0.4, -0.2) is 16.8 Å². The molecule has 1 heterocycles. The summed E-state index contributed by atoms with van der Waals surface area (Å²) >= 11 is 9.16. The lowest BCUT2D eigenvalue weighted by molar-refractivity contribution is -0.274. The van der Waals surface area contributed by atoms with Crippen LogP contribution in [0.3, 0.4) is 0 Å². The maximum absolute atomic E-state index is 12.7. The number of carbonyl (C=O) groups excluding carboxylic acids is 1. The van der Waals surface area contributed by atoms with Crippen LogP contribution < -0.4 is 4.74 Å². The van der Waals surface area contributed by atoms with Gasteiger partial charge in [0.25, 0.3) is 0 Å². The summed E-state index contributed by atoms with van der Waals surface area (Å²) < 4.78 is 42.4. The van der Waals surface area contributed by atoms with Crippen molar-refractivity contribution >= 4 is 44.3 Å². The van der Waals surface area contributed by atoms with Gasteiger partial charge in [0, 0.05) is 22.7 Å². The molecule has 0 aliphatic carbocycles. The molecule has 0 amide bonds. The number of hydrogen-bond acceptors (Lipinski definition) is 2. The van der Waals surface area contributed by atoms with Crippen LogP contribution in [0, 0.1) is 0 Å². The Kier molecular flexibility index (Phi) is 4.79. The van der Waals surface area contributed by atoms with Crippen molar-refractivity contribution < 1.29 is 22.7 Å². The molecule has 0 aliphatic rings. The molecule has 0 fully saturated rings. The second kappa shape index (κ2) is 6.72. The molecule has 8 heteroatoms. The normalized spacial score (nSPS) is 13.0. The Morgan fingerprint density at radius 3 is 2.44 bits per heavy atom. The Morgan fingerprint density at radius 2 is 1.80 bits per heavy atom. The molecule has 0 spiro atoms. The second-order valence-corrected chi connectivity index (χ2v) is 6.56. The van der Waals surface area contributed by atoms with E-state index in [1.165, 1.54) is 29.0 Å². The molecule has 1 aromatic heterocycles. The van der Waals surface area contributed by atoms with Crippen molar-refractivity contribution in [1.29, 1.82) is 0 Å². The molecule has 0 saturated heterocycles. The molecule has 3 aromatic rings. The summed E-state index contributed by atoms with van der Waals surface area (Å²) in [6.07, 6.45) is -3.29. The standard InChI is InChI=1S/C17H10BrClF3NO2/c18-15(11-1-4-12(19)5-2-11)16(24)23-8-7-10-3-6-13(9-14(10)23)25-17(20,21)22/h1-9,15H. The van der Waals surface area contributed by atoms with Crippen LogP contribution >= 0.6 is 27.5 Å². The molecule has 1 unspecified atom stereocenters. The zero-order valence-electron chi connectivity index (χ0n) is 12.4. The van der Waals surface area contributed by atoms with Gasteiger partial charge in [-0.3, -0.25) is 9.36 Å². The van der Waals surface area contributed by atoms with Gasteiger partial charge in [0.15, 0.2) is 0 Å². The third-order valence-corrected chi connectivity index (χ3v) is 4.69. The van der Waals surface area contributed by atoms with Gasteiger partial charge in [0.1, 0.15) is 10.6 Å². The molecule has 3 rings (SSSR count). The fraction of sp³-hybridized carbons (Fsp3) is 0.118. The van der Waals surface area contributed by atoms with Crippen LogP contribution in [0.4, 0.5) is 13.2 Å².